The Morgan fingerprint density at radius 1 is 1.02 bits per heavy atom. The number of H-pyrrole nitrogens is 2. The number of amides is 2. The third-order valence-corrected chi connectivity index (χ3v) is 11.3. The largest absolute Gasteiger partial charge is 0.504 e. The lowest BCUT2D eigenvalue weighted by Gasteiger charge is -2.28. The van der Waals surface area contributed by atoms with Gasteiger partial charge in [-0.15, -0.1) is 0 Å². The molecule has 2 fully saturated rings. The number of fused-ring (bicyclic) bond motifs is 4. The average molecular weight is 679 g/mol. The molecule has 5 aliphatic rings. The van der Waals surface area contributed by atoms with E-state index in [0.29, 0.717) is 74.9 Å². The molecule has 4 heterocycles. The summed E-state index contributed by atoms with van der Waals surface area (Å²) in [4.78, 5) is 63.0. The monoisotopic (exact) mass is 678 g/mol. The summed E-state index contributed by atoms with van der Waals surface area (Å²) in [6, 6.07) is 6.72. The molecule has 1 saturated carbocycles. The maximum atomic E-state index is 14.2. The number of nitrogens with one attached hydrogen (secondary N) is 2. The summed E-state index contributed by atoms with van der Waals surface area (Å²) >= 11 is 1.04. The molecule has 0 bridgehead atoms. The highest BCUT2D eigenvalue weighted by atomic mass is 32.2. The van der Waals surface area contributed by atoms with Crippen LogP contribution in [0, 0.1) is 11.3 Å². The van der Waals surface area contributed by atoms with Crippen molar-refractivity contribution in [3.8, 4) is 23.0 Å². The van der Waals surface area contributed by atoms with Crippen molar-refractivity contribution < 1.29 is 38.9 Å². The number of carbonyl (C=O) groups excluding carboxylic acids is 4. The molecule has 1 saturated heterocycles. The zero-order valence-electron chi connectivity index (χ0n) is 26.7. The number of rotatable bonds is 5. The van der Waals surface area contributed by atoms with Crippen LogP contribution in [0.1, 0.15) is 35.8 Å². The summed E-state index contributed by atoms with van der Waals surface area (Å²) in [5, 5.41) is 23.6. The number of hydrogen-bond acceptors (Lipinski definition) is 9. The fraction of sp³-hybridized carbons (Fsp3) is 0.278. The number of allylic oxidation sites excluding steroid dienone is 4. The van der Waals surface area contributed by atoms with Crippen LogP contribution in [0.5, 0.6) is 23.0 Å². The van der Waals surface area contributed by atoms with Crippen molar-refractivity contribution in [3.63, 3.8) is 0 Å². The third-order valence-electron chi connectivity index (χ3n) is 10.6. The smallest absolute Gasteiger partial charge is 0.274 e. The number of aromatic amines is 2. The van der Waals surface area contributed by atoms with Gasteiger partial charge in [-0.2, -0.15) is 0 Å². The number of nitrogens with zero attached hydrogens (tertiary/aromatic N) is 2. The maximum absolute atomic E-state index is 14.2. The van der Waals surface area contributed by atoms with Crippen molar-refractivity contribution in [2.75, 3.05) is 32.2 Å². The Hall–Kier alpha value is -5.43. The van der Waals surface area contributed by atoms with Gasteiger partial charge in [-0.3, -0.25) is 19.2 Å². The number of hydrogen-bond donors (Lipinski definition) is 4. The minimum Gasteiger partial charge on any atom is -0.504 e. The highest BCUT2D eigenvalue weighted by Crippen LogP contribution is 2.71. The van der Waals surface area contributed by atoms with Crippen molar-refractivity contribution in [1.82, 2.24) is 14.9 Å². The molecule has 2 aromatic carbocycles. The fourth-order valence-electron chi connectivity index (χ4n) is 8.43. The van der Waals surface area contributed by atoms with E-state index in [1.807, 2.05) is 12.1 Å². The van der Waals surface area contributed by atoms with E-state index in [-0.39, 0.29) is 52.3 Å². The molecule has 9 rings (SSSR count). The normalized spacial score (nSPS) is 21.9. The van der Waals surface area contributed by atoms with E-state index in [4.69, 9.17) is 9.47 Å². The number of phenols is 2. The predicted molar refractivity (Wildman–Crippen MR) is 180 cm³/mol. The average Bonchev–Trinajstić information content (AvgIpc) is 3.69. The molecule has 3 aliphatic carbocycles. The van der Waals surface area contributed by atoms with E-state index in [9.17, 15) is 29.4 Å². The Morgan fingerprint density at radius 3 is 2.59 bits per heavy atom. The van der Waals surface area contributed by atoms with Crippen molar-refractivity contribution >= 4 is 62.0 Å². The number of aromatic hydroxyl groups is 2. The van der Waals surface area contributed by atoms with E-state index in [0.717, 1.165) is 34.7 Å². The number of ether oxygens (including phenoxy) is 2. The number of methoxy groups -OCH3 is 2. The molecule has 1 spiro atoms. The molecular weight excluding hydrogens is 648 g/mol. The van der Waals surface area contributed by atoms with Crippen LogP contribution in [-0.4, -0.2) is 75.1 Å². The lowest BCUT2D eigenvalue weighted by molar-refractivity contribution is -0.115. The van der Waals surface area contributed by atoms with Crippen LogP contribution < -0.4 is 14.4 Å². The molecule has 248 valence electrons. The summed E-state index contributed by atoms with van der Waals surface area (Å²) in [7, 11) is 2.90. The standard InChI is InChI=1S/C36H30N4O8S/c1-15(41)49-29-10-20-19-4-5-39(31(19)32(44)33(48-3)30(20)38-29)34(45)17-6-21-22(7-17)36-13-18(36)14-40(28(36)12-25(21)42)35(46)24-8-16-9-27(47-2)26(43)11-23(16)37-24/h7-12,18,37-38,43-44H,4-6,13-14H2,1-3H3. The first kappa shape index (κ1) is 29.7. The molecular formula is C36H30N4O8S. The molecule has 2 unspecified atom stereocenters. The van der Waals surface area contributed by atoms with E-state index in [2.05, 4.69) is 9.97 Å². The minimum absolute atomic E-state index is 0.0435. The number of thioether (sulfide) groups is 1. The third kappa shape index (κ3) is 3.99. The van der Waals surface area contributed by atoms with Gasteiger partial charge in [-0.25, -0.2) is 0 Å². The van der Waals surface area contributed by atoms with Gasteiger partial charge in [-0.05, 0) is 65.9 Å². The molecule has 2 aromatic heterocycles. The van der Waals surface area contributed by atoms with Crippen molar-refractivity contribution in [1.29, 1.82) is 0 Å². The summed E-state index contributed by atoms with van der Waals surface area (Å²) in [6.45, 7) is 2.24. The Labute approximate surface area is 283 Å². The Bertz CT molecular complexity index is 2360. The molecule has 2 atom stereocenters. The number of anilines is 1. The molecule has 12 nitrogen and oxygen atoms in total. The molecule has 13 heteroatoms. The van der Waals surface area contributed by atoms with Crippen molar-refractivity contribution in [2.24, 2.45) is 11.3 Å². The zero-order valence-corrected chi connectivity index (χ0v) is 27.5. The van der Waals surface area contributed by atoms with Crippen LogP contribution in [0.25, 0.3) is 21.8 Å². The van der Waals surface area contributed by atoms with E-state index >= 15 is 0 Å². The van der Waals surface area contributed by atoms with Gasteiger partial charge in [0.15, 0.2) is 33.9 Å². The molecule has 2 aliphatic heterocycles. The van der Waals surface area contributed by atoms with Gasteiger partial charge in [0, 0.05) is 77.1 Å². The molecule has 49 heavy (non-hydrogen) atoms. The van der Waals surface area contributed by atoms with Crippen LogP contribution in [0.15, 0.2) is 63.9 Å². The van der Waals surface area contributed by atoms with E-state index < -0.39 is 5.41 Å². The van der Waals surface area contributed by atoms with Crippen LogP contribution >= 0.6 is 11.8 Å². The minimum atomic E-state index is -0.509. The SMILES string of the molecule is COc1cc2cc(C(=O)N3CC4CC45C3=CC(=O)C3=C5C=C(C(=O)N4CCc5c4c(O)c(OC)c4[nH]c(SC(C)=O)cc54)C3)[nH]c2cc1O. The Morgan fingerprint density at radius 2 is 1.84 bits per heavy atom. The first-order valence-electron chi connectivity index (χ1n) is 15.9. The number of benzene rings is 2. The second-order valence-corrected chi connectivity index (χ2v) is 14.4. The van der Waals surface area contributed by atoms with Crippen LogP contribution in [0.3, 0.4) is 0 Å². The second-order valence-electron chi connectivity index (χ2n) is 13.1. The highest BCUT2D eigenvalue weighted by Gasteiger charge is 2.68. The van der Waals surface area contributed by atoms with Gasteiger partial charge in [-0.1, -0.05) is 0 Å². The van der Waals surface area contributed by atoms with Crippen LogP contribution in [0.4, 0.5) is 5.69 Å². The van der Waals surface area contributed by atoms with Gasteiger partial charge in [0.25, 0.3) is 11.8 Å². The summed E-state index contributed by atoms with van der Waals surface area (Å²) in [6.07, 6.45) is 4.83. The Kier molecular flexibility index (Phi) is 6.09. The van der Waals surface area contributed by atoms with Crippen LogP contribution in [0.2, 0.25) is 0 Å². The summed E-state index contributed by atoms with van der Waals surface area (Å²) < 4.78 is 10.8. The highest BCUT2D eigenvalue weighted by molar-refractivity contribution is 8.13. The maximum Gasteiger partial charge on any atom is 0.274 e. The number of ketones is 1. The predicted octanol–water partition coefficient (Wildman–Crippen LogP) is 4.86. The number of phenolic OH excluding ortho intramolecular Hbond substituents is 2. The van der Waals surface area contributed by atoms with Gasteiger partial charge in [0.1, 0.15) is 5.69 Å². The number of aromatic nitrogens is 2. The Balaban J connectivity index is 1.02. The summed E-state index contributed by atoms with van der Waals surface area (Å²) in [5.74, 6) is -0.402. The van der Waals surface area contributed by atoms with Crippen molar-refractivity contribution in [3.05, 3.63) is 70.1 Å². The quantitative estimate of drug-likeness (QED) is 0.216. The van der Waals surface area contributed by atoms with E-state index in [1.165, 1.54) is 27.2 Å². The first-order valence-corrected chi connectivity index (χ1v) is 16.7. The first-order chi connectivity index (χ1) is 23.5. The number of likely N-dealkylation sites (tertiary alicyclic amines) is 1. The number of piperidine rings is 1. The fourth-order valence-corrected chi connectivity index (χ4v) is 9.07. The zero-order chi connectivity index (χ0) is 34.1. The van der Waals surface area contributed by atoms with Crippen LogP contribution in [-0.2, 0) is 20.8 Å². The van der Waals surface area contributed by atoms with E-state index in [1.54, 1.807) is 28.0 Å². The van der Waals surface area contributed by atoms with Gasteiger partial charge in [0.2, 0.25) is 0 Å². The van der Waals surface area contributed by atoms with Crippen molar-refractivity contribution in [2.45, 2.75) is 31.2 Å². The summed E-state index contributed by atoms with van der Waals surface area (Å²) in [5.41, 5.74) is 4.59. The molecule has 0 radical (unpaired) electrons. The molecule has 4 N–H and O–H groups in total. The van der Waals surface area contributed by atoms with Gasteiger partial charge >= 0.3 is 0 Å². The number of carbonyl (C=O) groups is 4. The molecule has 2 amide bonds. The lowest BCUT2D eigenvalue weighted by atomic mass is 9.83. The second kappa shape index (κ2) is 10.0. The van der Waals surface area contributed by atoms with Gasteiger partial charge < -0.3 is 39.5 Å². The van der Waals surface area contributed by atoms with Gasteiger partial charge in [0.05, 0.1) is 30.4 Å². The topological polar surface area (TPSA) is 165 Å². The lowest BCUT2D eigenvalue weighted by Crippen LogP contribution is -2.32. The molecule has 4 aromatic rings.